The van der Waals surface area contributed by atoms with Gasteiger partial charge in [-0.2, -0.15) is 0 Å². The monoisotopic (exact) mass is 551 g/mol. The molecule has 0 aliphatic carbocycles. The molecular weight excluding hydrogens is 514 g/mol. The molecule has 3 heterocycles. The summed E-state index contributed by atoms with van der Waals surface area (Å²) in [5.41, 5.74) is 18.7. The van der Waals surface area contributed by atoms with Crippen molar-refractivity contribution in [3.05, 3.63) is 12.7 Å². The fraction of sp³-hybridized carbons (Fsp3) is 0.652. The van der Waals surface area contributed by atoms with Crippen LogP contribution in [0.4, 0.5) is 5.82 Å². The minimum absolute atomic E-state index is 0.164. The second-order valence-electron chi connectivity index (χ2n) is 10.1. The predicted octanol–water partition coefficient (Wildman–Crippen LogP) is -2.42. The smallest absolute Gasteiger partial charge is 0.325 e. The van der Waals surface area contributed by atoms with E-state index < -0.39 is 66.5 Å². The third kappa shape index (κ3) is 6.96. The normalized spacial score (nSPS) is 24.3. The standard InChI is InChI=1S/C23H37N9O7/c1-9(2)14(21(36)30-10(3)23(37)38)31-20(35)12(25)5-4-11(24)6-13-16(33)17(34)22(39-13)32-8-29-15-18(26)27-7-28-19(15)32/h7-14,16-17,22,33-34H,4-6,24-25H2,1-3H3,(H,30,36)(H,31,35)(H,37,38)(H2,26,27,28)/t10-,11-,12-,13+,14-,16+,17+,22+/m0/s1. The van der Waals surface area contributed by atoms with E-state index in [0.29, 0.717) is 11.2 Å². The van der Waals surface area contributed by atoms with E-state index in [0.717, 1.165) is 0 Å². The molecule has 0 bridgehead atoms. The van der Waals surface area contributed by atoms with Gasteiger partial charge >= 0.3 is 5.97 Å². The molecule has 0 aromatic carbocycles. The van der Waals surface area contributed by atoms with Crippen molar-refractivity contribution < 1.29 is 34.4 Å². The van der Waals surface area contributed by atoms with Crippen LogP contribution >= 0.6 is 0 Å². The number of aliphatic hydroxyl groups excluding tert-OH is 2. The third-order valence-electron chi connectivity index (χ3n) is 6.69. The first kappa shape index (κ1) is 30.1. The fourth-order valence-corrected chi connectivity index (χ4v) is 4.31. The maximum absolute atomic E-state index is 12.6. The van der Waals surface area contributed by atoms with Crippen LogP contribution in [0, 0.1) is 5.92 Å². The Morgan fingerprint density at radius 3 is 2.38 bits per heavy atom. The average Bonchev–Trinajstić information content (AvgIpc) is 3.42. The summed E-state index contributed by atoms with van der Waals surface area (Å²) in [5.74, 6) is -2.56. The summed E-state index contributed by atoms with van der Waals surface area (Å²) in [5, 5.41) is 35.1. The Hall–Kier alpha value is -3.44. The lowest BCUT2D eigenvalue weighted by Crippen LogP contribution is -2.56. The number of aromatic nitrogens is 4. The molecule has 0 radical (unpaired) electrons. The number of imidazole rings is 1. The van der Waals surface area contributed by atoms with Crippen LogP contribution in [0.3, 0.4) is 0 Å². The third-order valence-corrected chi connectivity index (χ3v) is 6.69. The molecule has 0 unspecified atom stereocenters. The maximum Gasteiger partial charge on any atom is 0.325 e. The summed E-state index contributed by atoms with van der Waals surface area (Å²) >= 11 is 0. The number of aliphatic hydroxyl groups is 2. The number of fused-ring (bicyclic) bond motifs is 1. The number of hydrogen-bond acceptors (Lipinski definition) is 12. The molecule has 2 aromatic rings. The van der Waals surface area contributed by atoms with Crippen LogP contribution in [0.25, 0.3) is 11.2 Å². The van der Waals surface area contributed by atoms with Gasteiger partial charge in [-0.3, -0.25) is 19.0 Å². The van der Waals surface area contributed by atoms with Gasteiger partial charge in [-0.25, -0.2) is 15.0 Å². The first-order chi connectivity index (χ1) is 18.3. The lowest BCUT2D eigenvalue weighted by atomic mass is 9.97. The van der Waals surface area contributed by atoms with Crippen molar-refractivity contribution in [1.29, 1.82) is 0 Å². The van der Waals surface area contributed by atoms with Gasteiger partial charge in [-0.05, 0) is 32.1 Å². The van der Waals surface area contributed by atoms with Gasteiger partial charge in [0.2, 0.25) is 11.8 Å². The summed E-state index contributed by atoms with van der Waals surface area (Å²) in [6.07, 6.45) is -1.05. The zero-order valence-electron chi connectivity index (χ0n) is 22.0. The Morgan fingerprint density at radius 2 is 1.74 bits per heavy atom. The number of aliphatic carboxylic acids is 1. The molecule has 11 N–H and O–H groups in total. The molecule has 1 saturated heterocycles. The van der Waals surface area contributed by atoms with Gasteiger partial charge in [0, 0.05) is 6.04 Å². The minimum Gasteiger partial charge on any atom is -0.480 e. The van der Waals surface area contributed by atoms with E-state index in [1.807, 2.05) is 0 Å². The molecular formula is C23H37N9O7. The van der Waals surface area contributed by atoms with Gasteiger partial charge in [0.1, 0.15) is 36.1 Å². The van der Waals surface area contributed by atoms with E-state index in [-0.39, 0.29) is 31.0 Å². The van der Waals surface area contributed by atoms with Gasteiger partial charge in [-0.15, -0.1) is 0 Å². The second-order valence-corrected chi connectivity index (χ2v) is 10.1. The number of nitrogen functional groups attached to an aromatic ring is 1. The van der Waals surface area contributed by atoms with Crippen LogP contribution in [0.5, 0.6) is 0 Å². The Labute approximate surface area is 224 Å². The maximum atomic E-state index is 12.6. The zero-order valence-corrected chi connectivity index (χ0v) is 22.0. The van der Waals surface area contributed by atoms with Gasteiger partial charge in [0.25, 0.3) is 0 Å². The number of nitrogens with one attached hydrogen (secondary N) is 2. The van der Waals surface area contributed by atoms with Crippen LogP contribution in [0.15, 0.2) is 12.7 Å². The summed E-state index contributed by atoms with van der Waals surface area (Å²) in [6.45, 7) is 4.74. The number of amides is 2. The van der Waals surface area contributed by atoms with Gasteiger partial charge in [0.05, 0.1) is 18.5 Å². The Balaban J connectivity index is 1.53. The Bertz CT molecular complexity index is 1180. The van der Waals surface area contributed by atoms with E-state index in [4.69, 9.17) is 27.0 Å². The lowest BCUT2D eigenvalue weighted by Gasteiger charge is -2.25. The summed E-state index contributed by atoms with van der Waals surface area (Å²) in [7, 11) is 0. The van der Waals surface area contributed by atoms with Gasteiger partial charge in [-0.1, -0.05) is 13.8 Å². The number of carbonyl (C=O) groups is 3. The average molecular weight is 552 g/mol. The van der Waals surface area contributed by atoms with Crippen LogP contribution in [-0.2, 0) is 19.1 Å². The molecule has 0 spiro atoms. The largest absolute Gasteiger partial charge is 0.480 e. The summed E-state index contributed by atoms with van der Waals surface area (Å²) < 4.78 is 7.37. The topological polar surface area (TPSA) is 267 Å². The molecule has 39 heavy (non-hydrogen) atoms. The number of nitrogens with two attached hydrogens (primary N) is 3. The van der Waals surface area contributed by atoms with Crippen LogP contribution in [0.1, 0.15) is 46.3 Å². The molecule has 0 saturated carbocycles. The number of nitrogens with zero attached hydrogens (tertiary/aromatic N) is 4. The molecule has 2 aromatic heterocycles. The van der Waals surface area contributed by atoms with E-state index in [2.05, 4.69) is 25.6 Å². The number of carboxylic acid groups (broad SMARTS) is 1. The first-order valence-electron chi connectivity index (χ1n) is 12.6. The van der Waals surface area contributed by atoms with Crippen LogP contribution < -0.4 is 27.8 Å². The number of rotatable bonds is 12. The van der Waals surface area contributed by atoms with Crippen molar-refractivity contribution >= 4 is 34.8 Å². The molecule has 16 heteroatoms. The number of carboxylic acids is 1. The first-order valence-corrected chi connectivity index (χ1v) is 12.6. The highest BCUT2D eigenvalue weighted by Crippen LogP contribution is 2.33. The van der Waals surface area contributed by atoms with Crippen molar-refractivity contribution in [2.24, 2.45) is 17.4 Å². The van der Waals surface area contributed by atoms with E-state index in [1.165, 1.54) is 24.1 Å². The van der Waals surface area contributed by atoms with Crippen molar-refractivity contribution in [3.8, 4) is 0 Å². The number of ether oxygens (including phenoxy) is 1. The van der Waals surface area contributed by atoms with E-state index >= 15 is 0 Å². The highest BCUT2D eigenvalue weighted by atomic mass is 16.6. The Morgan fingerprint density at radius 1 is 1.05 bits per heavy atom. The van der Waals surface area contributed by atoms with Crippen molar-refractivity contribution in [2.75, 3.05) is 5.73 Å². The lowest BCUT2D eigenvalue weighted by molar-refractivity contribution is -0.142. The van der Waals surface area contributed by atoms with Gasteiger partial charge in [0.15, 0.2) is 17.7 Å². The van der Waals surface area contributed by atoms with E-state index in [9.17, 15) is 24.6 Å². The van der Waals surface area contributed by atoms with Crippen LogP contribution in [-0.4, -0.2) is 95.1 Å². The van der Waals surface area contributed by atoms with Crippen molar-refractivity contribution in [2.45, 2.75) is 88.7 Å². The zero-order chi connectivity index (χ0) is 29.0. The fourth-order valence-electron chi connectivity index (χ4n) is 4.31. The quantitative estimate of drug-likeness (QED) is 0.137. The molecule has 3 rings (SSSR count). The van der Waals surface area contributed by atoms with Crippen molar-refractivity contribution in [1.82, 2.24) is 30.2 Å². The highest BCUT2D eigenvalue weighted by molar-refractivity contribution is 5.91. The van der Waals surface area contributed by atoms with Crippen molar-refractivity contribution in [3.63, 3.8) is 0 Å². The Kier molecular flexibility index (Phi) is 9.73. The number of carbonyl (C=O) groups excluding carboxylic acids is 2. The second kappa shape index (κ2) is 12.6. The SMILES string of the molecule is CC(C)[C@H](NC(=O)[C@@H](N)CC[C@H](N)C[C@H]1O[C@@H](n2cnc3c(N)ncnc32)[C@H](O)[C@@H]1O)C(=O)N[C@@H](C)C(=O)O. The number of anilines is 1. The van der Waals surface area contributed by atoms with Gasteiger partial charge < -0.3 is 47.9 Å². The molecule has 1 aliphatic heterocycles. The molecule has 8 atom stereocenters. The van der Waals surface area contributed by atoms with Crippen LogP contribution in [0.2, 0.25) is 0 Å². The molecule has 16 nitrogen and oxygen atoms in total. The highest BCUT2D eigenvalue weighted by Gasteiger charge is 2.44. The molecule has 1 fully saturated rings. The predicted molar refractivity (Wildman–Crippen MR) is 137 cm³/mol. The molecule has 2 amide bonds. The minimum atomic E-state index is -1.29. The number of hydrogen-bond donors (Lipinski definition) is 8. The molecule has 216 valence electrons. The van der Waals surface area contributed by atoms with E-state index in [1.54, 1.807) is 13.8 Å². The summed E-state index contributed by atoms with van der Waals surface area (Å²) in [4.78, 5) is 48.3. The molecule has 1 aliphatic rings. The summed E-state index contributed by atoms with van der Waals surface area (Å²) in [6, 6.07) is -3.61.